The number of alkyl halides is 17. The van der Waals surface area contributed by atoms with Gasteiger partial charge in [0.1, 0.15) is 30.1 Å². The SMILES string of the molecule is CCOC(=O)/C=C/C=C/CC[C@H](C)[C@H](OC(=O)Nc1ccc(F)cc1F)c1ccc(OCCO[Si](CCC(F)(F)C(F)(F)C(F)(F)C(F)(F)C(F)(F)C(F)(F)C(F)(F)C(F)(F)F)(C(C)C)C(C)C)cc1. The number of amides is 1. The Kier molecular flexibility index (Phi) is 20.4. The molecule has 0 bridgehead atoms. The second-order valence-electron chi connectivity index (χ2n) is 16.3. The van der Waals surface area contributed by atoms with Crippen molar-refractivity contribution in [3.05, 3.63) is 84.0 Å². The quantitative estimate of drug-likeness (QED) is 0.0252. The summed E-state index contributed by atoms with van der Waals surface area (Å²) < 4.78 is 286. The van der Waals surface area contributed by atoms with Gasteiger partial charge >= 0.3 is 59.7 Å². The first-order valence-electron chi connectivity index (χ1n) is 20.8. The normalized spacial score (nSPS) is 15.0. The molecule has 0 aliphatic rings. The average Bonchev–Trinajstić information content (AvgIpc) is 3.24. The number of rotatable bonds is 26. The van der Waals surface area contributed by atoms with Crippen molar-refractivity contribution in [3.8, 4) is 5.75 Å². The molecule has 2 rings (SSSR count). The Morgan fingerprint density at radius 2 is 1.21 bits per heavy atom. The summed E-state index contributed by atoms with van der Waals surface area (Å²) in [5, 5.41) is 2.17. The number of hydrogen-bond donors (Lipinski definition) is 1. The van der Waals surface area contributed by atoms with Crippen LogP contribution in [0, 0.1) is 17.6 Å². The highest BCUT2D eigenvalue weighted by atomic mass is 28.4. The zero-order chi connectivity index (χ0) is 54.1. The number of halogens is 19. The molecule has 398 valence electrons. The van der Waals surface area contributed by atoms with E-state index in [1.165, 1.54) is 64.1 Å². The zero-order valence-corrected chi connectivity index (χ0v) is 38.7. The topological polar surface area (TPSA) is 83.1 Å². The number of hydrogen-bond acceptors (Lipinski definition) is 6. The fraction of sp³-hybridized carbons (Fsp3) is 0.581. The molecule has 27 heteroatoms. The van der Waals surface area contributed by atoms with Gasteiger partial charge in [-0.25, -0.2) is 18.4 Å². The summed E-state index contributed by atoms with van der Waals surface area (Å²) in [4.78, 5) is 24.4. The fourth-order valence-corrected chi connectivity index (χ4v) is 11.3. The highest BCUT2D eigenvalue weighted by molar-refractivity contribution is 6.76. The lowest BCUT2D eigenvalue weighted by molar-refractivity contribution is -0.461. The molecular weight excluding hydrogens is 1020 g/mol. The predicted octanol–water partition coefficient (Wildman–Crippen LogP) is 14.9. The molecule has 2 atom stereocenters. The van der Waals surface area contributed by atoms with E-state index in [1.54, 1.807) is 26.0 Å². The van der Waals surface area contributed by atoms with E-state index in [0.717, 1.165) is 12.1 Å². The summed E-state index contributed by atoms with van der Waals surface area (Å²) in [6, 6.07) is 6.57. The molecule has 0 heterocycles. The minimum atomic E-state index is -8.72. The van der Waals surface area contributed by atoms with E-state index < -0.39 is 134 Å². The lowest BCUT2D eigenvalue weighted by Gasteiger charge is -2.44. The first kappa shape index (κ1) is 61.4. The van der Waals surface area contributed by atoms with Crippen LogP contribution in [0.4, 0.5) is 93.9 Å². The Balaban J connectivity index is 2.30. The number of anilines is 1. The number of carbonyl (C=O) groups excluding carboxylic acids is 2. The van der Waals surface area contributed by atoms with Crippen molar-refractivity contribution in [2.75, 3.05) is 25.1 Å². The van der Waals surface area contributed by atoms with Crippen molar-refractivity contribution < 1.29 is 112 Å². The van der Waals surface area contributed by atoms with Gasteiger partial charge in [-0.05, 0) is 72.6 Å². The molecule has 1 amide bonds. The summed E-state index contributed by atoms with van der Waals surface area (Å²) >= 11 is 0. The van der Waals surface area contributed by atoms with Gasteiger partial charge in [0.2, 0.25) is 0 Å². The lowest BCUT2D eigenvalue weighted by atomic mass is 9.88. The van der Waals surface area contributed by atoms with Crippen LogP contribution in [0.3, 0.4) is 0 Å². The third-order valence-corrected chi connectivity index (χ3v) is 16.7. The largest absolute Gasteiger partial charge is 0.491 e. The number of ether oxygens (including phenoxy) is 3. The molecule has 0 aromatic heterocycles. The Morgan fingerprint density at radius 3 is 1.71 bits per heavy atom. The van der Waals surface area contributed by atoms with Gasteiger partial charge in [0.05, 0.1) is 18.9 Å². The highest BCUT2D eigenvalue weighted by Gasteiger charge is 2.95. The molecule has 0 aliphatic carbocycles. The maximum Gasteiger partial charge on any atom is 0.460 e. The molecule has 7 nitrogen and oxygen atoms in total. The van der Waals surface area contributed by atoms with Crippen LogP contribution >= 0.6 is 0 Å². The molecule has 0 unspecified atom stereocenters. The minimum Gasteiger partial charge on any atom is -0.491 e. The summed E-state index contributed by atoms with van der Waals surface area (Å²) in [6.45, 7) is 7.64. The van der Waals surface area contributed by atoms with Gasteiger partial charge < -0.3 is 18.6 Å². The Bertz CT molecular complexity index is 2090. The van der Waals surface area contributed by atoms with E-state index in [2.05, 4.69) is 5.32 Å². The van der Waals surface area contributed by atoms with Crippen molar-refractivity contribution in [3.63, 3.8) is 0 Å². The monoisotopic (exact) mass is 1060 g/mol. The van der Waals surface area contributed by atoms with Crippen molar-refractivity contribution in [2.45, 2.75) is 132 Å². The molecule has 0 saturated heterocycles. The van der Waals surface area contributed by atoms with Crippen LogP contribution in [0.5, 0.6) is 5.75 Å². The van der Waals surface area contributed by atoms with E-state index in [-0.39, 0.29) is 12.4 Å². The summed E-state index contributed by atoms with van der Waals surface area (Å²) in [6.07, 6.45) is -5.97. The number of nitrogens with one attached hydrogen (secondary N) is 1. The first-order valence-corrected chi connectivity index (χ1v) is 23.1. The molecule has 0 spiro atoms. The van der Waals surface area contributed by atoms with Gasteiger partial charge in [0, 0.05) is 18.6 Å². The Morgan fingerprint density at radius 1 is 0.686 bits per heavy atom. The van der Waals surface area contributed by atoms with Crippen LogP contribution in [0.15, 0.2) is 66.8 Å². The molecule has 0 saturated carbocycles. The second kappa shape index (κ2) is 23.2. The number of benzene rings is 2. The van der Waals surface area contributed by atoms with Crippen LogP contribution in [0.1, 0.15) is 72.5 Å². The summed E-state index contributed by atoms with van der Waals surface area (Å²) in [5.74, 6) is -60.0. The molecule has 0 aliphatic heterocycles. The number of allylic oxidation sites excluding steroid dienone is 3. The Labute approximate surface area is 389 Å². The maximum atomic E-state index is 15.0. The highest BCUT2D eigenvalue weighted by Crippen LogP contribution is 2.64. The van der Waals surface area contributed by atoms with E-state index in [9.17, 15) is 84.2 Å². The molecule has 70 heavy (non-hydrogen) atoms. The van der Waals surface area contributed by atoms with E-state index in [4.69, 9.17) is 18.6 Å². The number of carbonyl (C=O) groups is 2. The van der Waals surface area contributed by atoms with E-state index >= 15 is 8.78 Å². The standard InChI is InChI=1S/C43H48F19NO6Si/c1-7-66-33(64)13-11-9-8-10-12-27(6)34(69-35(65)63-32-19-16-29(44)24-31(32)45)28-14-17-30(18-15-28)67-21-22-68-70(25(2)3,26(4)5)23-20-36(46,47)37(48,49)38(50,51)39(52,53)40(54,55)41(56,57)42(58,59)43(60,61)62/h8-9,11,13-19,24-27,34H,7,10,12,20-23H2,1-6H3,(H,63,65)/b9-8+,13-11+/t27-,34-/m0/s1. The Hall–Kier alpha value is -4.69. The van der Waals surface area contributed by atoms with Crippen LogP contribution in [-0.2, 0) is 18.7 Å². The number of esters is 1. The third kappa shape index (κ3) is 13.2. The van der Waals surface area contributed by atoms with Crippen molar-refractivity contribution in [2.24, 2.45) is 5.92 Å². The van der Waals surface area contributed by atoms with Gasteiger partial charge in [-0.15, -0.1) is 0 Å². The van der Waals surface area contributed by atoms with Crippen molar-refractivity contribution in [1.82, 2.24) is 0 Å². The fourth-order valence-electron chi connectivity index (χ4n) is 6.87. The molecular formula is C43H48F19NO6Si. The van der Waals surface area contributed by atoms with Gasteiger partial charge in [-0.3, -0.25) is 5.32 Å². The predicted molar refractivity (Wildman–Crippen MR) is 216 cm³/mol. The average molecular weight is 1060 g/mol. The summed E-state index contributed by atoms with van der Waals surface area (Å²) in [5.41, 5.74) is -1.90. The lowest BCUT2D eigenvalue weighted by Crippen LogP contribution is -2.74. The van der Waals surface area contributed by atoms with Crippen LogP contribution in [0.25, 0.3) is 0 Å². The molecule has 2 aromatic rings. The zero-order valence-electron chi connectivity index (χ0n) is 37.7. The molecule has 0 radical (unpaired) electrons. The van der Waals surface area contributed by atoms with Gasteiger partial charge in [0.15, 0.2) is 8.32 Å². The van der Waals surface area contributed by atoms with Crippen LogP contribution in [0.2, 0.25) is 17.1 Å². The third-order valence-electron chi connectivity index (χ3n) is 11.0. The van der Waals surface area contributed by atoms with Crippen molar-refractivity contribution in [1.29, 1.82) is 0 Å². The van der Waals surface area contributed by atoms with E-state index in [0.29, 0.717) is 24.5 Å². The van der Waals surface area contributed by atoms with Crippen LogP contribution in [-0.4, -0.2) is 87.8 Å². The molecule has 1 N–H and O–H groups in total. The molecule has 2 aromatic carbocycles. The van der Waals surface area contributed by atoms with Crippen LogP contribution < -0.4 is 10.1 Å². The molecule has 0 fully saturated rings. The van der Waals surface area contributed by atoms with Gasteiger partial charge in [-0.2, -0.15) is 74.6 Å². The minimum absolute atomic E-state index is 0.0685. The van der Waals surface area contributed by atoms with Gasteiger partial charge in [-0.1, -0.05) is 65.0 Å². The maximum absolute atomic E-state index is 15.0. The van der Waals surface area contributed by atoms with Crippen molar-refractivity contribution >= 4 is 26.1 Å². The van der Waals surface area contributed by atoms with E-state index in [1.807, 2.05) is 0 Å². The van der Waals surface area contributed by atoms with Gasteiger partial charge in [0.25, 0.3) is 0 Å². The summed E-state index contributed by atoms with van der Waals surface area (Å²) in [7, 11) is -4.05. The smallest absolute Gasteiger partial charge is 0.460 e. The first-order chi connectivity index (χ1) is 31.8. The second-order valence-corrected chi connectivity index (χ2v) is 21.4.